The minimum Gasteiger partial charge on any atom is -0.390 e. The number of piperidine rings is 1. The lowest BCUT2D eigenvalue weighted by Gasteiger charge is -2.35. The lowest BCUT2D eigenvalue weighted by atomic mass is 9.81. The zero-order valence-corrected chi connectivity index (χ0v) is 7.72. The van der Waals surface area contributed by atoms with E-state index in [1.54, 1.807) is 0 Å². The van der Waals surface area contributed by atoms with Crippen LogP contribution in [0.25, 0.3) is 0 Å². The van der Waals surface area contributed by atoms with Crippen LogP contribution < -0.4 is 5.32 Å². The molecule has 2 atom stereocenters. The first-order valence-corrected chi connectivity index (χ1v) is 4.46. The summed E-state index contributed by atoms with van der Waals surface area (Å²) in [5.74, 6) is 0.471. The van der Waals surface area contributed by atoms with E-state index < -0.39 is 5.60 Å². The maximum Gasteiger partial charge on any atom is 0.0620 e. The van der Waals surface area contributed by atoms with Crippen molar-refractivity contribution in [3.05, 3.63) is 0 Å². The number of hydrogen-bond acceptors (Lipinski definition) is 2. The van der Waals surface area contributed by atoms with Gasteiger partial charge in [0, 0.05) is 6.04 Å². The summed E-state index contributed by atoms with van der Waals surface area (Å²) in [5.41, 5.74) is -0.490. The molecular formula is C9H19NO. The van der Waals surface area contributed by atoms with Crippen LogP contribution in [0, 0.1) is 5.92 Å². The van der Waals surface area contributed by atoms with Gasteiger partial charge in [-0.05, 0) is 46.1 Å². The Morgan fingerprint density at radius 2 is 2.09 bits per heavy atom. The molecule has 0 bridgehead atoms. The third-order valence-corrected chi connectivity index (χ3v) is 2.62. The van der Waals surface area contributed by atoms with Crippen molar-refractivity contribution < 1.29 is 5.11 Å². The Balaban J connectivity index is 2.46. The van der Waals surface area contributed by atoms with Crippen LogP contribution in [0.4, 0.5) is 0 Å². The molecule has 1 fully saturated rings. The summed E-state index contributed by atoms with van der Waals surface area (Å²) in [7, 11) is 0. The van der Waals surface area contributed by atoms with Crippen molar-refractivity contribution in [3.8, 4) is 0 Å². The fourth-order valence-electron chi connectivity index (χ4n) is 1.77. The lowest BCUT2D eigenvalue weighted by Crippen LogP contribution is -2.43. The van der Waals surface area contributed by atoms with E-state index >= 15 is 0 Å². The molecule has 0 aliphatic carbocycles. The molecule has 2 unspecified atom stereocenters. The van der Waals surface area contributed by atoms with Crippen molar-refractivity contribution in [3.63, 3.8) is 0 Å². The van der Waals surface area contributed by atoms with Crippen molar-refractivity contribution in [2.24, 2.45) is 5.92 Å². The van der Waals surface area contributed by atoms with Crippen molar-refractivity contribution in [2.75, 3.05) is 6.54 Å². The molecule has 0 aromatic rings. The fraction of sp³-hybridized carbons (Fsp3) is 1.00. The molecule has 0 amide bonds. The zero-order valence-electron chi connectivity index (χ0n) is 7.72. The van der Waals surface area contributed by atoms with Crippen LogP contribution >= 0.6 is 0 Å². The Morgan fingerprint density at radius 1 is 1.45 bits per heavy atom. The fourth-order valence-corrected chi connectivity index (χ4v) is 1.77. The Hall–Kier alpha value is -0.0800. The van der Waals surface area contributed by atoms with E-state index in [9.17, 15) is 5.11 Å². The molecule has 2 nitrogen and oxygen atoms in total. The summed E-state index contributed by atoms with van der Waals surface area (Å²) < 4.78 is 0. The Labute approximate surface area is 69.0 Å². The van der Waals surface area contributed by atoms with Crippen LogP contribution in [-0.4, -0.2) is 23.3 Å². The molecule has 0 aromatic carbocycles. The average Bonchev–Trinajstić information content (AvgIpc) is 1.86. The van der Waals surface area contributed by atoms with Crippen molar-refractivity contribution in [1.29, 1.82) is 0 Å². The molecule has 1 heterocycles. The van der Waals surface area contributed by atoms with Crippen LogP contribution in [0.15, 0.2) is 0 Å². The second kappa shape index (κ2) is 3.11. The predicted octanol–water partition coefficient (Wildman–Crippen LogP) is 1.15. The molecule has 2 N–H and O–H groups in total. The molecule has 11 heavy (non-hydrogen) atoms. The second-order valence-electron chi connectivity index (χ2n) is 4.23. The predicted molar refractivity (Wildman–Crippen MR) is 46.5 cm³/mol. The van der Waals surface area contributed by atoms with E-state index in [2.05, 4.69) is 12.2 Å². The highest BCUT2D eigenvalue weighted by atomic mass is 16.3. The summed E-state index contributed by atoms with van der Waals surface area (Å²) in [6.45, 7) is 7.05. The molecule has 0 saturated carbocycles. The highest BCUT2D eigenvalue weighted by Gasteiger charge is 2.30. The van der Waals surface area contributed by atoms with Gasteiger partial charge in [-0.15, -0.1) is 0 Å². The standard InChI is InChI=1S/C9H19NO/c1-7-6-8(4-5-10-7)9(2,3)11/h7-8,10-11H,4-6H2,1-3H3. The molecule has 1 aliphatic heterocycles. The van der Waals surface area contributed by atoms with E-state index in [0.29, 0.717) is 12.0 Å². The smallest absolute Gasteiger partial charge is 0.0620 e. The first kappa shape index (κ1) is 9.01. The minimum atomic E-state index is -0.490. The maximum absolute atomic E-state index is 9.73. The van der Waals surface area contributed by atoms with Crippen LogP contribution in [0.1, 0.15) is 33.6 Å². The first-order valence-electron chi connectivity index (χ1n) is 4.46. The van der Waals surface area contributed by atoms with E-state index in [0.717, 1.165) is 19.4 Å². The molecule has 1 saturated heterocycles. The summed E-state index contributed by atoms with van der Waals surface area (Å²) in [6, 6.07) is 0.570. The minimum absolute atomic E-state index is 0.471. The molecule has 1 rings (SSSR count). The van der Waals surface area contributed by atoms with Gasteiger partial charge in [0.05, 0.1) is 5.60 Å². The van der Waals surface area contributed by atoms with Crippen LogP contribution in [0.3, 0.4) is 0 Å². The third-order valence-electron chi connectivity index (χ3n) is 2.62. The van der Waals surface area contributed by atoms with Gasteiger partial charge < -0.3 is 10.4 Å². The maximum atomic E-state index is 9.73. The van der Waals surface area contributed by atoms with Gasteiger partial charge in [0.15, 0.2) is 0 Å². The summed E-state index contributed by atoms with van der Waals surface area (Å²) in [4.78, 5) is 0. The van der Waals surface area contributed by atoms with Crippen molar-refractivity contribution >= 4 is 0 Å². The molecule has 1 aliphatic rings. The Bertz CT molecular complexity index is 128. The molecule has 0 spiro atoms. The zero-order chi connectivity index (χ0) is 8.48. The quantitative estimate of drug-likeness (QED) is 0.598. The number of aliphatic hydroxyl groups is 1. The second-order valence-corrected chi connectivity index (χ2v) is 4.23. The third kappa shape index (κ3) is 2.46. The van der Waals surface area contributed by atoms with E-state index in [1.165, 1.54) is 0 Å². The normalized spacial score (nSPS) is 33.8. The molecule has 66 valence electrons. The van der Waals surface area contributed by atoms with Gasteiger partial charge in [0.25, 0.3) is 0 Å². The van der Waals surface area contributed by atoms with Crippen LogP contribution in [0.5, 0.6) is 0 Å². The summed E-state index contributed by atoms with van der Waals surface area (Å²) >= 11 is 0. The number of hydrogen-bond donors (Lipinski definition) is 2. The number of nitrogens with one attached hydrogen (secondary N) is 1. The van der Waals surface area contributed by atoms with Gasteiger partial charge >= 0.3 is 0 Å². The van der Waals surface area contributed by atoms with Gasteiger partial charge in [-0.3, -0.25) is 0 Å². The van der Waals surface area contributed by atoms with Crippen molar-refractivity contribution in [2.45, 2.75) is 45.3 Å². The van der Waals surface area contributed by atoms with E-state index in [-0.39, 0.29) is 0 Å². The van der Waals surface area contributed by atoms with Gasteiger partial charge in [-0.25, -0.2) is 0 Å². The SMILES string of the molecule is CC1CC(C(C)(C)O)CCN1. The van der Waals surface area contributed by atoms with E-state index in [1.807, 2.05) is 13.8 Å². The van der Waals surface area contributed by atoms with Crippen LogP contribution in [-0.2, 0) is 0 Å². The van der Waals surface area contributed by atoms with Gasteiger partial charge in [-0.1, -0.05) is 0 Å². The van der Waals surface area contributed by atoms with E-state index in [4.69, 9.17) is 0 Å². The van der Waals surface area contributed by atoms with Gasteiger partial charge in [0.2, 0.25) is 0 Å². The molecule has 0 radical (unpaired) electrons. The average molecular weight is 157 g/mol. The molecule has 0 aromatic heterocycles. The van der Waals surface area contributed by atoms with Gasteiger partial charge in [-0.2, -0.15) is 0 Å². The topological polar surface area (TPSA) is 32.3 Å². The summed E-state index contributed by atoms with van der Waals surface area (Å²) in [6.07, 6.45) is 2.21. The van der Waals surface area contributed by atoms with Crippen LogP contribution in [0.2, 0.25) is 0 Å². The van der Waals surface area contributed by atoms with Crippen molar-refractivity contribution in [1.82, 2.24) is 5.32 Å². The summed E-state index contributed by atoms with van der Waals surface area (Å²) in [5, 5.41) is 13.1. The highest BCUT2D eigenvalue weighted by molar-refractivity contribution is 4.84. The first-order chi connectivity index (χ1) is 5.00. The monoisotopic (exact) mass is 157 g/mol. The van der Waals surface area contributed by atoms with Gasteiger partial charge in [0.1, 0.15) is 0 Å². The molecular weight excluding hydrogens is 138 g/mol. The highest BCUT2D eigenvalue weighted by Crippen LogP contribution is 2.27. The Kier molecular flexibility index (Phi) is 2.55. The number of rotatable bonds is 1. The Morgan fingerprint density at radius 3 is 2.45 bits per heavy atom. The lowest BCUT2D eigenvalue weighted by molar-refractivity contribution is -0.00212. The largest absolute Gasteiger partial charge is 0.390 e. The molecule has 2 heteroatoms.